The fraction of sp³-hybridized carbons (Fsp3) is 0.429. The number of aryl methyl sites for hydroxylation is 2. The van der Waals surface area contributed by atoms with E-state index in [4.69, 9.17) is 0 Å². The minimum Gasteiger partial charge on any atom is -0.386 e. The molecule has 0 saturated carbocycles. The predicted octanol–water partition coefficient (Wildman–Crippen LogP) is 1.78. The van der Waals surface area contributed by atoms with E-state index in [0.29, 0.717) is 18.5 Å². The monoisotopic (exact) mass is 394 g/mol. The third kappa shape index (κ3) is 3.93. The van der Waals surface area contributed by atoms with Crippen molar-refractivity contribution in [1.29, 1.82) is 0 Å². The van der Waals surface area contributed by atoms with Crippen LogP contribution in [0.1, 0.15) is 28.9 Å². The molecule has 1 atom stereocenters. The molecule has 1 saturated heterocycles. The average molecular weight is 394 g/mol. The number of piperidine rings is 1. The van der Waals surface area contributed by atoms with Crippen LogP contribution in [0.2, 0.25) is 0 Å². The van der Waals surface area contributed by atoms with E-state index in [1.807, 2.05) is 36.7 Å². The molecule has 3 aromatic rings. The second kappa shape index (κ2) is 7.44. The van der Waals surface area contributed by atoms with Crippen LogP contribution in [0.5, 0.6) is 0 Å². The third-order valence-electron chi connectivity index (χ3n) is 5.52. The van der Waals surface area contributed by atoms with Gasteiger partial charge in [0.2, 0.25) is 0 Å². The van der Waals surface area contributed by atoms with Gasteiger partial charge >= 0.3 is 0 Å². The smallest absolute Gasteiger partial charge is 0.253 e. The van der Waals surface area contributed by atoms with E-state index in [0.717, 1.165) is 35.5 Å². The zero-order valence-electron chi connectivity index (χ0n) is 17.0. The minimum atomic E-state index is -0.989. The van der Waals surface area contributed by atoms with Crippen molar-refractivity contribution < 1.29 is 9.90 Å². The predicted molar refractivity (Wildman–Crippen MR) is 111 cm³/mol. The second-order valence-electron chi connectivity index (χ2n) is 7.99. The van der Waals surface area contributed by atoms with Crippen molar-refractivity contribution in [1.82, 2.24) is 24.4 Å². The summed E-state index contributed by atoms with van der Waals surface area (Å²) >= 11 is 0. The Labute approximate surface area is 169 Å². The van der Waals surface area contributed by atoms with Crippen LogP contribution in [-0.4, -0.2) is 67.7 Å². The van der Waals surface area contributed by atoms with Crippen molar-refractivity contribution >= 4 is 22.8 Å². The van der Waals surface area contributed by atoms with Gasteiger partial charge in [-0.15, -0.1) is 0 Å². The molecule has 1 fully saturated rings. The summed E-state index contributed by atoms with van der Waals surface area (Å²) in [7, 11) is 3.66. The number of carbonyl (C=O) groups is 1. The molecule has 1 aromatic carbocycles. The Balaban J connectivity index is 1.48. The second-order valence-corrected chi connectivity index (χ2v) is 7.99. The maximum Gasteiger partial charge on any atom is 0.253 e. The van der Waals surface area contributed by atoms with Gasteiger partial charge in [0.05, 0.1) is 29.5 Å². The molecule has 29 heavy (non-hydrogen) atoms. The van der Waals surface area contributed by atoms with Crippen molar-refractivity contribution in [2.24, 2.45) is 7.05 Å². The highest BCUT2D eigenvalue weighted by Crippen LogP contribution is 2.26. The van der Waals surface area contributed by atoms with E-state index < -0.39 is 5.60 Å². The molecule has 3 heterocycles. The van der Waals surface area contributed by atoms with Gasteiger partial charge in [-0.05, 0) is 38.0 Å². The highest BCUT2D eigenvalue weighted by molar-refractivity contribution is 5.97. The van der Waals surface area contributed by atoms with E-state index in [-0.39, 0.29) is 12.5 Å². The van der Waals surface area contributed by atoms with Gasteiger partial charge < -0.3 is 19.5 Å². The molecule has 8 heteroatoms. The van der Waals surface area contributed by atoms with Crippen LogP contribution < -0.4 is 4.90 Å². The van der Waals surface area contributed by atoms with Gasteiger partial charge in [-0.3, -0.25) is 4.79 Å². The van der Waals surface area contributed by atoms with Crippen LogP contribution in [-0.2, 0) is 7.05 Å². The maximum absolute atomic E-state index is 13.0. The Morgan fingerprint density at radius 3 is 2.90 bits per heavy atom. The number of hydrogen-bond acceptors (Lipinski definition) is 6. The van der Waals surface area contributed by atoms with E-state index in [1.165, 1.54) is 0 Å². The van der Waals surface area contributed by atoms with Crippen molar-refractivity contribution in [3.8, 4) is 0 Å². The molecule has 2 aromatic heterocycles. The molecule has 8 nitrogen and oxygen atoms in total. The summed E-state index contributed by atoms with van der Waals surface area (Å²) in [6.07, 6.45) is 4.75. The lowest BCUT2D eigenvalue weighted by molar-refractivity contribution is -0.000136. The number of fused-ring (bicyclic) bond motifs is 1. The number of aromatic nitrogens is 4. The fourth-order valence-electron chi connectivity index (χ4n) is 4.05. The first-order valence-electron chi connectivity index (χ1n) is 9.77. The summed E-state index contributed by atoms with van der Waals surface area (Å²) in [5.74, 6) is 0.686. The number of amides is 1. The van der Waals surface area contributed by atoms with E-state index >= 15 is 0 Å². The Morgan fingerprint density at radius 1 is 1.28 bits per heavy atom. The largest absolute Gasteiger partial charge is 0.386 e. The standard InChI is InChI=1S/C21H26N6O2/c1-15-9-19(23-13-22-15)27-8-4-7-21(29,12-27)11-25(2)20(28)16-5-6-18-17(10-16)24-14-26(18)3/h5-6,9-10,13-14,29H,4,7-8,11-12H2,1-3H3/t21-/m0/s1. The number of rotatable bonds is 4. The molecule has 0 aliphatic carbocycles. The van der Waals surface area contributed by atoms with Crippen LogP contribution in [0.25, 0.3) is 11.0 Å². The van der Waals surface area contributed by atoms with Gasteiger partial charge in [-0.2, -0.15) is 0 Å². The average Bonchev–Trinajstić information content (AvgIpc) is 3.07. The van der Waals surface area contributed by atoms with Gasteiger partial charge in [-0.25, -0.2) is 15.0 Å². The fourth-order valence-corrected chi connectivity index (χ4v) is 4.05. The first kappa shape index (κ1) is 19.3. The Morgan fingerprint density at radius 2 is 2.10 bits per heavy atom. The summed E-state index contributed by atoms with van der Waals surface area (Å²) in [5.41, 5.74) is 2.23. The van der Waals surface area contributed by atoms with Crippen LogP contribution in [0, 0.1) is 6.92 Å². The Kier molecular flexibility index (Phi) is 4.96. The lowest BCUT2D eigenvalue weighted by Crippen LogP contribution is -2.54. The zero-order chi connectivity index (χ0) is 20.6. The molecule has 1 aliphatic heterocycles. The van der Waals surface area contributed by atoms with Crippen molar-refractivity contribution in [2.75, 3.05) is 31.6 Å². The van der Waals surface area contributed by atoms with Gasteiger partial charge in [0.15, 0.2) is 0 Å². The van der Waals surface area contributed by atoms with Crippen LogP contribution in [0.3, 0.4) is 0 Å². The highest BCUT2D eigenvalue weighted by Gasteiger charge is 2.36. The summed E-state index contributed by atoms with van der Waals surface area (Å²) in [4.78, 5) is 29.4. The number of hydrogen-bond donors (Lipinski definition) is 1. The van der Waals surface area contributed by atoms with Crippen molar-refractivity contribution in [3.63, 3.8) is 0 Å². The molecule has 0 spiro atoms. The van der Waals surface area contributed by atoms with E-state index in [1.54, 1.807) is 30.7 Å². The Hall–Kier alpha value is -3.00. The number of aliphatic hydroxyl groups is 1. The van der Waals surface area contributed by atoms with Crippen molar-refractivity contribution in [2.45, 2.75) is 25.4 Å². The first-order chi connectivity index (χ1) is 13.8. The molecular weight excluding hydrogens is 368 g/mol. The Bertz CT molecular complexity index is 1050. The summed E-state index contributed by atoms with van der Waals surface area (Å²) < 4.78 is 1.92. The molecule has 4 rings (SSSR count). The molecule has 1 aliphatic rings. The zero-order valence-corrected chi connectivity index (χ0v) is 17.0. The van der Waals surface area contributed by atoms with Crippen LogP contribution >= 0.6 is 0 Å². The quantitative estimate of drug-likeness (QED) is 0.726. The number of nitrogens with zero attached hydrogens (tertiary/aromatic N) is 6. The van der Waals surface area contributed by atoms with Gasteiger partial charge in [-0.1, -0.05) is 0 Å². The number of carbonyl (C=O) groups excluding carboxylic acids is 1. The van der Waals surface area contributed by atoms with E-state index in [9.17, 15) is 9.90 Å². The lowest BCUT2D eigenvalue weighted by atomic mass is 9.92. The number of β-amino-alcohol motifs (C(OH)–C–C–N with tert-alkyl or cyclic N) is 1. The number of likely N-dealkylation sites (N-methyl/N-ethyl adjacent to an activating group) is 1. The van der Waals surface area contributed by atoms with Crippen molar-refractivity contribution in [3.05, 3.63) is 48.2 Å². The summed E-state index contributed by atoms with van der Waals surface area (Å²) in [5, 5.41) is 11.2. The van der Waals surface area contributed by atoms with Crippen LogP contribution in [0.4, 0.5) is 5.82 Å². The maximum atomic E-state index is 13.0. The number of anilines is 1. The first-order valence-corrected chi connectivity index (χ1v) is 9.77. The molecule has 0 bridgehead atoms. The summed E-state index contributed by atoms with van der Waals surface area (Å²) in [6, 6.07) is 7.43. The minimum absolute atomic E-state index is 0.124. The third-order valence-corrected chi connectivity index (χ3v) is 5.52. The topological polar surface area (TPSA) is 87.4 Å². The van der Waals surface area contributed by atoms with Gasteiger partial charge in [0.1, 0.15) is 12.1 Å². The molecule has 0 radical (unpaired) electrons. The van der Waals surface area contributed by atoms with E-state index in [2.05, 4.69) is 19.9 Å². The molecular formula is C21H26N6O2. The normalized spacial score (nSPS) is 19.5. The lowest BCUT2D eigenvalue weighted by Gasteiger charge is -2.41. The van der Waals surface area contributed by atoms with Gasteiger partial charge in [0, 0.05) is 44.5 Å². The van der Waals surface area contributed by atoms with Crippen LogP contribution in [0.15, 0.2) is 36.9 Å². The molecule has 1 amide bonds. The SMILES string of the molecule is Cc1cc(N2CCC[C@](O)(CN(C)C(=O)c3ccc4c(c3)ncn4C)C2)ncn1. The highest BCUT2D eigenvalue weighted by atomic mass is 16.3. The molecule has 0 unspecified atom stereocenters. The molecule has 152 valence electrons. The summed E-state index contributed by atoms with van der Waals surface area (Å²) in [6.45, 7) is 3.44. The molecule has 1 N–H and O–H groups in total. The number of imidazole rings is 1. The van der Waals surface area contributed by atoms with Gasteiger partial charge in [0.25, 0.3) is 5.91 Å². The number of benzene rings is 1.